The van der Waals surface area contributed by atoms with Gasteiger partial charge < -0.3 is 14.4 Å². The Hall–Kier alpha value is -4.30. The van der Waals surface area contributed by atoms with Gasteiger partial charge in [-0.15, -0.1) is 10.2 Å². The molecule has 0 unspecified atom stereocenters. The lowest BCUT2D eigenvalue weighted by Crippen LogP contribution is -2.26. The van der Waals surface area contributed by atoms with Crippen LogP contribution < -0.4 is 14.8 Å². The molecular formula is C24H18ClF2N7O4S. The first-order valence-corrected chi connectivity index (χ1v) is 12.5. The van der Waals surface area contributed by atoms with Gasteiger partial charge in [0.05, 0.1) is 42.5 Å². The molecule has 15 heteroatoms. The third-order valence-corrected chi connectivity index (χ3v) is 6.86. The van der Waals surface area contributed by atoms with Crippen LogP contribution in [-0.4, -0.2) is 55.6 Å². The Labute approximate surface area is 228 Å². The first-order chi connectivity index (χ1) is 18.7. The van der Waals surface area contributed by atoms with E-state index in [0.717, 1.165) is 10.9 Å². The molecule has 0 aromatic carbocycles. The van der Waals surface area contributed by atoms with E-state index in [1.807, 2.05) is 0 Å². The van der Waals surface area contributed by atoms with Crippen molar-refractivity contribution in [2.45, 2.75) is 26.6 Å². The number of rotatable bonds is 7. The van der Waals surface area contributed by atoms with Gasteiger partial charge in [0.15, 0.2) is 10.8 Å². The van der Waals surface area contributed by atoms with Crippen LogP contribution in [0.2, 0.25) is 5.15 Å². The SMILES string of the molecule is COc1cnc(Cl)cc1-c1cc(C)ncc1C(=O)Nc1nc2c(s1)CN(C(=O)c1ccc(OC(F)F)nn1)C2. The molecule has 0 bridgehead atoms. The molecule has 1 N–H and O–H groups in total. The van der Waals surface area contributed by atoms with Crippen molar-refractivity contribution in [2.24, 2.45) is 0 Å². The quantitative estimate of drug-likeness (QED) is 0.320. The fourth-order valence-electron chi connectivity index (χ4n) is 3.91. The van der Waals surface area contributed by atoms with Gasteiger partial charge >= 0.3 is 6.61 Å². The smallest absolute Gasteiger partial charge is 0.388 e. The van der Waals surface area contributed by atoms with Crippen LogP contribution in [0.25, 0.3) is 11.1 Å². The summed E-state index contributed by atoms with van der Waals surface area (Å²) in [7, 11) is 1.50. The number of carbonyl (C=O) groups is 2. The minimum Gasteiger partial charge on any atom is -0.494 e. The number of nitrogens with one attached hydrogen (secondary N) is 1. The zero-order valence-electron chi connectivity index (χ0n) is 20.3. The van der Waals surface area contributed by atoms with Gasteiger partial charge in [0.2, 0.25) is 5.88 Å². The zero-order chi connectivity index (χ0) is 27.7. The maximum atomic E-state index is 13.3. The summed E-state index contributed by atoms with van der Waals surface area (Å²) in [6.07, 6.45) is 2.94. The van der Waals surface area contributed by atoms with E-state index in [2.05, 4.69) is 35.2 Å². The topological polar surface area (TPSA) is 132 Å². The van der Waals surface area contributed by atoms with Gasteiger partial charge in [0, 0.05) is 29.1 Å². The van der Waals surface area contributed by atoms with Crippen molar-refractivity contribution in [1.82, 2.24) is 30.0 Å². The third-order valence-electron chi connectivity index (χ3n) is 5.66. The molecule has 4 aromatic rings. The molecule has 1 aliphatic rings. The van der Waals surface area contributed by atoms with Crippen LogP contribution in [0.3, 0.4) is 0 Å². The van der Waals surface area contributed by atoms with Gasteiger partial charge in [0.1, 0.15) is 10.9 Å². The number of aryl methyl sites for hydroxylation is 1. The fourth-order valence-corrected chi connectivity index (χ4v) is 5.05. The summed E-state index contributed by atoms with van der Waals surface area (Å²) in [6, 6.07) is 5.77. The average Bonchev–Trinajstić information content (AvgIpc) is 3.47. The summed E-state index contributed by atoms with van der Waals surface area (Å²) < 4.78 is 34.2. The largest absolute Gasteiger partial charge is 0.494 e. The Morgan fingerprint density at radius 2 is 1.95 bits per heavy atom. The van der Waals surface area contributed by atoms with Crippen LogP contribution in [0.15, 0.2) is 36.7 Å². The molecule has 0 spiro atoms. The van der Waals surface area contributed by atoms with E-state index in [-0.39, 0.29) is 35.4 Å². The number of ether oxygens (including phenoxy) is 2. The Morgan fingerprint density at radius 1 is 1.13 bits per heavy atom. The van der Waals surface area contributed by atoms with E-state index >= 15 is 0 Å². The van der Waals surface area contributed by atoms with Crippen molar-refractivity contribution in [2.75, 3.05) is 12.4 Å². The number of carbonyl (C=O) groups excluding carboxylic acids is 2. The molecule has 5 rings (SSSR count). The summed E-state index contributed by atoms with van der Waals surface area (Å²) in [6.45, 7) is -0.817. The predicted molar refractivity (Wildman–Crippen MR) is 136 cm³/mol. The highest BCUT2D eigenvalue weighted by atomic mass is 35.5. The molecule has 5 heterocycles. The first kappa shape index (κ1) is 26.3. The van der Waals surface area contributed by atoms with Crippen molar-refractivity contribution < 1.29 is 27.8 Å². The van der Waals surface area contributed by atoms with Gasteiger partial charge in [-0.1, -0.05) is 22.9 Å². The number of halogens is 3. The Kier molecular flexibility index (Phi) is 7.30. The number of pyridine rings is 2. The Morgan fingerprint density at radius 3 is 2.64 bits per heavy atom. The number of alkyl halides is 2. The van der Waals surface area contributed by atoms with Crippen molar-refractivity contribution in [3.05, 3.63) is 69.3 Å². The lowest BCUT2D eigenvalue weighted by Gasteiger charge is -2.15. The van der Waals surface area contributed by atoms with E-state index in [0.29, 0.717) is 33.4 Å². The normalized spacial score (nSPS) is 12.4. The molecule has 39 heavy (non-hydrogen) atoms. The van der Waals surface area contributed by atoms with Crippen LogP contribution in [0.1, 0.15) is 37.1 Å². The van der Waals surface area contributed by atoms with E-state index < -0.39 is 18.4 Å². The molecule has 0 saturated heterocycles. The van der Waals surface area contributed by atoms with Gasteiger partial charge in [-0.25, -0.2) is 9.97 Å². The number of nitrogens with zero attached hydrogens (tertiary/aromatic N) is 6. The number of methoxy groups -OCH3 is 1. The van der Waals surface area contributed by atoms with Crippen LogP contribution >= 0.6 is 22.9 Å². The molecule has 2 amide bonds. The predicted octanol–water partition coefficient (Wildman–Crippen LogP) is 4.37. The third kappa shape index (κ3) is 5.61. The molecule has 1 aliphatic heterocycles. The number of thiazole rings is 1. The van der Waals surface area contributed by atoms with Crippen LogP contribution in [0, 0.1) is 6.92 Å². The maximum Gasteiger partial charge on any atom is 0.388 e. The number of fused-ring (bicyclic) bond motifs is 1. The second kappa shape index (κ2) is 10.8. The van der Waals surface area contributed by atoms with E-state index in [9.17, 15) is 18.4 Å². The van der Waals surface area contributed by atoms with Crippen molar-refractivity contribution >= 4 is 39.9 Å². The summed E-state index contributed by atoms with van der Waals surface area (Å²) in [4.78, 5) is 41.1. The average molecular weight is 574 g/mol. The molecule has 0 saturated carbocycles. The van der Waals surface area contributed by atoms with E-state index in [1.54, 1.807) is 19.1 Å². The molecule has 0 aliphatic carbocycles. The molecule has 0 fully saturated rings. The Bertz CT molecular complexity index is 1550. The summed E-state index contributed by atoms with van der Waals surface area (Å²) in [5.41, 5.74) is 2.72. The number of hydrogen-bond acceptors (Lipinski definition) is 10. The second-order valence-electron chi connectivity index (χ2n) is 8.22. The standard InChI is InChI=1S/C24H18ClF2N7O4S/c1-11-5-12(13-6-19(25)29-8-17(13)37-2)14(7-28-11)21(35)31-24-30-16-9-34(10-18(16)39-24)22(36)15-3-4-20(33-32-15)38-23(26)27/h3-8,23H,9-10H2,1-2H3,(H,30,31,35). The fraction of sp³-hybridized carbons (Fsp3) is 0.208. The van der Waals surface area contributed by atoms with Gasteiger partial charge in [-0.3, -0.25) is 19.9 Å². The lowest BCUT2D eigenvalue weighted by atomic mass is 10.0. The molecular weight excluding hydrogens is 556 g/mol. The number of anilines is 1. The number of amides is 2. The Balaban J connectivity index is 1.30. The highest BCUT2D eigenvalue weighted by Crippen LogP contribution is 2.35. The molecule has 11 nitrogen and oxygen atoms in total. The van der Waals surface area contributed by atoms with E-state index in [1.165, 1.54) is 41.8 Å². The van der Waals surface area contributed by atoms with Crippen LogP contribution in [-0.2, 0) is 13.1 Å². The van der Waals surface area contributed by atoms with Crippen molar-refractivity contribution in [3.8, 4) is 22.8 Å². The molecule has 4 aromatic heterocycles. The minimum absolute atomic E-state index is 0.0219. The molecule has 0 atom stereocenters. The van der Waals surface area contributed by atoms with E-state index in [4.69, 9.17) is 16.3 Å². The van der Waals surface area contributed by atoms with Crippen molar-refractivity contribution in [3.63, 3.8) is 0 Å². The monoisotopic (exact) mass is 573 g/mol. The lowest BCUT2D eigenvalue weighted by molar-refractivity contribution is -0.0534. The maximum absolute atomic E-state index is 13.3. The highest BCUT2D eigenvalue weighted by Gasteiger charge is 2.30. The highest BCUT2D eigenvalue weighted by molar-refractivity contribution is 7.16. The van der Waals surface area contributed by atoms with Crippen LogP contribution in [0.5, 0.6) is 11.6 Å². The van der Waals surface area contributed by atoms with Gasteiger partial charge in [-0.05, 0) is 25.1 Å². The zero-order valence-corrected chi connectivity index (χ0v) is 21.9. The van der Waals surface area contributed by atoms with Gasteiger partial charge in [0.25, 0.3) is 11.8 Å². The van der Waals surface area contributed by atoms with Crippen molar-refractivity contribution in [1.29, 1.82) is 0 Å². The number of aromatic nitrogens is 5. The van der Waals surface area contributed by atoms with Crippen LogP contribution in [0.4, 0.5) is 13.9 Å². The summed E-state index contributed by atoms with van der Waals surface area (Å²) in [5.74, 6) is -0.823. The molecule has 200 valence electrons. The minimum atomic E-state index is -3.04. The second-order valence-corrected chi connectivity index (χ2v) is 9.69. The first-order valence-electron chi connectivity index (χ1n) is 11.3. The molecule has 0 radical (unpaired) electrons. The summed E-state index contributed by atoms with van der Waals surface area (Å²) >= 11 is 7.34. The number of hydrogen-bond donors (Lipinski definition) is 1. The van der Waals surface area contributed by atoms with Gasteiger partial charge in [-0.2, -0.15) is 8.78 Å². The summed E-state index contributed by atoms with van der Waals surface area (Å²) in [5, 5.41) is 10.6.